The van der Waals surface area contributed by atoms with E-state index in [-0.39, 0.29) is 11.4 Å². The van der Waals surface area contributed by atoms with Crippen molar-refractivity contribution in [3.05, 3.63) is 41.0 Å². The van der Waals surface area contributed by atoms with Gasteiger partial charge in [-0.05, 0) is 6.07 Å². The molecule has 1 aromatic carbocycles. The Hall–Kier alpha value is -2.44. The summed E-state index contributed by atoms with van der Waals surface area (Å²) < 4.78 is 1.44. The third-order valence-electron chi connectivity index (χ3n) is 1.89. The van der Waals surface area contributed by atoms with Crippen LogP contribution in [0.4, 0.5) is 11.4 Å². The number of nitrogen functional groups attached to an aromatic ring is 1. The summed E-state index contributed by atoms with van der Waals surface area (Å²) >= 11 is 0. The Labute approximate surface area is 84.3 Å². The van der Waals surface area contributed by atoms with Gasteiger partial charge in [-0.25, -0.2) is 9.67 Å². The first-order chi connectivity index (χ1) is 7.18. The van der Waals surface area contributed by atoms with Crippen molar-refractivity contribution in [2.45, 2.75) is 0 Å². The summed E-state index contributed by atoms with van der Waals surface area (Å²) in [6.07, 6.45) is 2.83. The van der Waals surface area contributed by atoms with E-state index in [9.17, 15) is 10.1 Å². The normalized spacial score (nSPS) is 10.1. The van der Waals surface area contributed by atoms with Crippen LogP contribution in [-0.4, -0.2) is 19.7 Å². The zero-order valence-electron chi connectivity index (χ0n) is 7.57. The summed E-state index contributed by atoms with van der Waals surface area (Å²) in [7, 11) is 0. The highest BCUT2D eigenvalue weighted by Crippen LogP contribution is 2.21. The number of nitro groups is 1. The first-order valence-electron chi connectivity index (χ1n) is 4.07. The third kappa shape index (κ3) is 1.62. The van der Waals surface area contributed by atoms with Gasteiger partial charge in [-0.3, -0.25) is 10.1 Å². The minimum absolute atomic E-state index is 0.0450. The lowest BCUT2D eigenvalue weighted by Gasteiger charge is -2.03. The van der Waals surface area contributed by atoms with Gasteiger partial charge in [0, 0.05) is 12.1 Å². The van der Waals surface area contributed by atoms with Gasteiger partial charge in [0.15, 0.2) is 0 Å². The summed E-state index contributed by atoms with van der Waals surface area (Å²) in [4.78, 5) is 13.7. The number of rotatable bonds is 2. The lowest BCUT2D eigenvalue weighted by atomic mass is 10.2. The van der Waals surface area contributed by atoms with Gasteiger partial charge in [-0.1, -0.05) is 0 Å². The zero-order valence-corrected chi connectivity index (χ0v) is 7.57. The Morgan fingerprint density at radius 1 is 1.47 bits per heavy atom. The molecule has 0 amide bonds. The number of hydrogen-bond acceptors (Lipinski definition) is 5. The molecule has 0 fully saturated rings. The molecule has 0 atom stereocenters. The molecule has 7 nitrogen and oxygen atoms in total. The molecular formula is C8H7N5O2. The van der Waals surface area contributed by atoms with Gasteiger partial charge in [0.1, 0.15) is 12.7 Å². The van der Waals surface area contributed by atoms with Gasteiger partial charge in [-0.2, -0.15) is 5.10 Å². The van der Waals surface area contributed by atoms with Crippen molar-refractivity contribution in [3.8, 4) is 5.69 Å². The van der Waals surface area contributed by atoms with E-state index in [0.29, 0.717) is 5.69 Å². The van der Waals surface area contributed by atoms with E-state index >= 15 is 0 Å². The van der Waals surface area contributed by atoms with Crippen LogP contribution in [0.15, 0.2) is 30.9 Å². The van der Waals surface area contributed by atoms with E-state index in [0.717, 1.165) is 0 Å². The first kappa shape index (κ1) is 9.13. The Bertz CT molecular complexity index is 494. The fourth-order valence-corrected chi connectivity index (χ4v) is 1.20. The molecule has 0 aliphatic carbocycles. The second kappa shape index (κ2) is 3.37. The molecule has 0 aliphatic rings. The van der Waals surface area contributed by atoms with Gasteiger partial charge in [0.05, 0.1) is 16.3 Å². The van der Waals surface area contributed by atoms with E-state index in [1.165, 1.54) is 35.5 Å². The Balaban J connectivity index is 2.48. The van der Waals surface area contributed by atoms with Crippen LogP contribution in [0.25, 0.3) is 5.69 Å². The van der Waals surface area contributed by atoms with Gasteiger partial charge < -0.3 is 5.73 Å². The van der Waals surface area contributed by atoms with Crippen molar-refractivity contribution >= 4 is 11.4 Å². The summed E-state index contributed by atoms with van der Waals surface area (Å²) in [6.45, 7) is 0. The van der Waals surface area contributed by atoms with E-state index in [1.54, 1.807) is 0 Å². The monoisotopic (exact) mass is 205 g/mol. The number of anilines is 1. The van der Waals surface area contributed by atoms with Crippen molar-refractivity contribution in [2.75, 3.05) is 5.73 Å². The number of nitrogens with two attached hydrogens (primary N) is 1. The van der Waals surface area contributed by atoms with Crippen LogP contribution in [0, 0.1) is 10.1 Å². The van der Waals surface area contributed by atoms with E-state index in [4.69, 9.17) is 5.73 Å². The smallest absolute Gasteiger partial charge is 0.271 e. The molecule has 76 valence electrons. The van der Waals surface area contributed by atoms with Gasteiger partial charge in [0.25, 0.3) is 5.69 Å². The number of non-ortho nitro benzene ring substituents is 1. The van der Waals surface area contributed by atoms with Crippen LogP contribution in [0.5, 0.6) is 0 Å². The lowest BCUT2D eigenvalue weighted by Crippen LogP contribution is -2.01. The molecule has 0 radical (unpaired) electrons. The maximum absolute atomic E-state index is 10.5. The molecule has 7 heteroatoms. The molecular weight excluding hydrogens is 198 g/mol. The van der Waals surface area contributed by atoms with Crippen LogP contribution in [0.3, 0.4) is 0 Å². The molecule has 0 spiro atoms. The molecule has 2 rings (SSSR count). The van der Waals surface area contributed by atoms with Gasteiger partial charge >= 0.3 is 0 Å². The average Bonchev–Trinajstić information content (AvgIpc) is 2.70. The van der Waals surface area contributed by atoms with E-state index < -0.39 is 4.92 Å². The molecule has 0 saturated heterocycles. The number of hydrogen-bond donors (Lipinski definition) is 1. The van der Waals surface area contributed by atoms with E-state index in [2.05, 4.69) is 10.1 Å². The minimum Gasteiger partial charge on any atom is -0.397 e. The lowest BCUT2D eigenvalue weighted by molar-refractivity contribution is -0.384. The topological polar surface area (TPSA) is 99.9 Å². The largest absolute Gasteiger partial charge is 0.397 e. The Kier molecular flexibility index (Phi) is 2.05. The van der Waals surface area contributed by atoms with Crippen molar-refractivity contribution in [1.29, 1.82) is 0 Å². The quantitative estimate of drug-likeness (QED) is 0.443. The number of benzene rings is 1. The maximum atomic E-state index is 10.5. The summed E-state index contributed by atoms with van der Waals surface area (Å²) in [5, 5.41) is 14.3. The van der Waals surface area contributed by atoms with Crippen molar-refractivity contribution in [2.24, 2.45) is 0 Å². The maximum Gasteiger partial charge on any atom is 0.271 e. The minimum atomic E-state index is -0.499. The molecule has 2 aromatic rings. The van der Waals surface area contributed by atoms with E-state index in [1.807, 2.05) is 0 Å². The third-order valence-corrected chi connectivity index (χ3v) is 1.89. The molecule has 0 aliphatic heterocycles. The van der Waals surface area contributed by atoms with Crippen LogP contribution >= 0.6 is 0 Å². The van der Waals surface area contributed by atoms with Crippen molar-refractivity contribution < 1.29 is 4.92 Å². The predicted molar refractivity (Wildman–Crippen MR) is 52.4 cm³/mol. The molecule has 0 unspecified atom stereocenters. The van der Waals surface area contributed by atoms with Crippen LogP contribution in [0.2, 0.25) is 0 Å². The Morgan fingerprint density at radius 3 is 2.80 bits per heavy atom. The molecule has 2 N–H and O–H groups in total. The highest BCUT2D eigenvalue weighted by atomic mass is 16.6. The number of nitro benzene ring substituents is 1. The standard InChI is InChI=1S/C8H7N5O2/c9-7-3-6(13(14)15)1-2-8(7)12-5-10-4-11-12/h1-5H,9H2. The first-order valence-corrected chi connectivity index (χ1v) is 4.07. The van der Waals surface area contributed by atoms with Crippen LogP contribution in [0.1, 0.15) is 0 Å². The average molecular weight is 205 g/mol. The van der Waals surface area contributed by atoms with Crippen molar-refractivity contribution in [1.82, 2.24) is 14.8 Å². The summed E-state index contributed by atoms with van der Waals surface area (Å²) in [5.74, 6) is 0. The molecule has 1 aromatic heterocycles. The highest BCUT2D eigenvalue weighted by Gasteiger charge is 2.09. The van der Waals surface area contributed by atoms with Crippen molar-refractivity contribution in [3.63, 3.8) is 0 Å². The fourth-order valence-electron chi connectivity index (χ4n) is 1.20. The van der Waals surface area contributed by atoms with Gasteiger partial charge in [0.2, 0.25) is 0 Å². The number of nitrogens with zero attached hydrogens (tertiary/aromatic N) is 4. The molecule has 1 heterocycles. The molecule has 0 bridgehead atoms. The highest BCUT2D eigenvalue weighted by molar-refractivity contribution is 5.61. The molecule has 0 saturated carbocycles. The van der Waals surface area contributed by atoms with Crippen LogP contribution < -0.4 is 5.73 Å². The number of aromatic nitrogens is 3. The Morgan fingerprint density at radius 2 is 2.27 bits per heavy atom. The second-order valence-corrected chi connectivity index (χ2v) is 2.84. The van der Waals surface area contributed by atoms with Crippen LogP contribution in [-0.2, 0) is 0 Å². The summed E-state index contributed by atoms with van der Waals surface area (Å²) in [6, 6.07) is 4.19. The predicted octanol–water partition coefficient (Wildman–Crippen LogP) is 0.758. The fraction of sp³-hybridized carbons (Fsp3) is 0. The summed E-state index contributed by atoms with van der Waals surface area (Å²) in [5.41, 5.74) is 6.47. The molecule has 15 heavy (non-hydrogen) atoms. The zero-order chi connectivity index (χ0) is 10.8. The second-order valence-electron chi connectivity index (χ2n) is 2.84. The SMILES string of the molecule is Nc1cc([N+](=O)[O-])ccc1-n1cncn1. The van der Waals surface area contributed by atoms with Gasteiger partial charge in [-0.15, -0.1) is 0 Å².